The van der Waals surface area contributed by atoms with E-state index in [9.17, 15) is 0 Å². The molecule has 1 saturated carbocycles. The first-order chi connectivity index (χ1) is 9.91. The molecule has 0 aliphatic heterocycles. The van der Waals surface area contributed by atoms with Crippen LogP contribution in [0.1, 0.15) is 63.8 Å². The molecule has 2 rings (SSSR count). The summed E-state index contributed by atoms with van der Waals surface area (Å²) in [4.78, 5) is 0.481. The van der Waals surface area contributed by atoms with Crippen molar-refractivity contribution in [2.75, 3.05) is 6.61 Å². The molecule has 0 spiro atoms. The fourth-order valence-corrected chi connectivity index (χ4v) is 4.30. The highest BCUT2D eigenvalue weighted by Crippen LogP contribution is 2.46. The van der Waals surface area contributed by atoms with Crippen LogP contribution in [-0.2, 0) is 0 Å². The lowest BCUT2D eigenvalue weighted by Crippen LogP contribution is -2.27. The summed E-state index contributed by atoms with van der Waals surface area (Å²) < 4.78 is 5.52. The number of ether oxygens (including phenoxy) is 1. The number of alkyl halides is 1. The molecule has 21 heavy (non-hydrogen) atoms. The molecule has 1 aromatic rings. The van der Waals surface area contributed by atoms with Crippen LogP contribution < -0.4 is 4.74 Å². The quantitative estimate of drug-likeness (QED) is 0.571. The summed E-state index contributed by atoms with van der Waals surface area (Å²) in [5.41, 5.74) is 1.85. The highest BCUT2D eigenvalue weighted by atomic mass is 79.9. The maximum atomic E-state index is 5.52. The zero-order valence-electron chi connectivity index (χ0n) is 13.9. The minimum atomic E-state index is 0.464. The molecule has 0 radical (unpaired) electrons. The third-order valence-corrected chi connectivity index (χ3v) is 6.20. The highest BCUT2D eigenvalue weighted by molar-refractivity contribution is 9.09. The van der Waals surface area contributed by atoms with E-state index in [2.05, 4.69) is 61.0 Å². The van der Waals surface area contributed by atoms with Gasteiger partial charge >= 0.3 is 0 Å². The van der Waals surface area contributed by atoms with Crippen molar-refractivity contribution in [3.8, 4) is 5.75 Å². The van der Waals surface area contributed by atoms with Crippen molar-refractivity contribution in [2.45, 2.75) is 58.2 Å². The van der Waals surface area contributed by atoms with E-state index in [0.717, 1.165) is 24.2 Å². The Morgan fingerprint density at radius 3 is 2.14 bits per heavy atom. The standard InChI is InChI=1S/C19H29BrO/c1-5-21-17-12-8-15(9-13-17)18(20)14-6-10-16(11-7-14)19(2,3)4/h8-9,12-14,16,18H,5-7,10-11H2,1-4H3. The Labute approximate surface area is 138 Å². The lowest BCUT2D eigenvalue weighted by Gasteiger charge is -2.38. The van der Waals surface area contributed by atoms with E-state index in [4.69, 9.17) is 4.74 Å². The van der Waals surface area contributed by atoms with E-state index in [0.29, 0.717) is 10.2 Å². The van der Waals surface area contributed by atoms with Crippen molar-refractivity contribution in [2.24, 2.45) is 17.3 Å². The van der Waals surface area contributed by atoms with Gasteiger partial charge in [0.2, 0.25) is 0 Å². The average molecular weight is 353 g/mol. The van der Waals surface area contributed by atoms with Crippen molar-refractivity contribution in [1.29, 1.82) is 0 Å². The van der Waals surface area contributed by atoms with Gasteiger partial charge < -0.3 is 4.74 Å². The molecule has 1 fully saturated rings. The van der Waals surface area contributed by atoms with Crippen molar-refractivity contribution >= 4 is 15.9 Å². The van der Waals surface area contributed by atoms with Gasteiger partial charge in [0, 0.05) is 4.83 Å². The van der Waals surface area contributed by atoms with Gasteiger partial charge in [-0.05, 0) is 67.6 Å². The number of halogens is 1. The Bertz CT molecular complexity index is 424. The van der Waals surface area contributed by atoms with Gasteiger partial charge in [-0.15, -0.1) is 0 Å². The monoisotopic (exact) mass is 352 g/mol. The SMILES string of the molecule is CCOc1ccc(C(Br)C2CCC(C(C)(C)C)CC2)cc1. The summed E-state index contributed by atoms with van der Waals surface area (Å²) in [7, 11) is 0. The summed E-state index contributed by atoms with van der Waals surface area (Å²) in [5, 5.41) is 0. The molecule has 0 saturated heterocycles. The van der Waals surface area contributed by atoms with E-state index in [1.165, 1.54) is 31.2 Å². The molecule has 0 amide bonds. The lowest BCUT2D eigenvalue weighted by atomic mass is 9.69. The molecule has 1 aliphatic carbocycles. The summed E-state index contributed by atoms with van der Waals surface area (Å²) in [6.07, 6.45) is 5.41. The van der Waals surface area contributed by atoms with Gasteiger partial charge in [-0.25, -0.2) is 0 Å². The Hall–Kier alpha value is -0.500. The van der Waals surface area contributed by atoms with Crippen molar-refractivity contribution in [1.82, 2.24) is 0 Å². The zero-order chi connectivity index (χ0) is 15.5. The van der Waals surface area contributed by atoms with Gasteiger partial charge in [0.05, 0.1) is 6.61 Å². The maximum absolute atomic E-state index is 5.52. The first-order valence-corrected chi connectivity index (χ1v) is 9.20. The van der Waals surface area contributed by atoms with Gasteiger partial charge in [0.15, 0.2) is 0 Å². The molecule has 2 heteroatoms. The van der Waals surface area contributed by atoms with Crippen LogP contribution in [0.5, 0.6) is 5.75 Å². The minimum Gasteiger partial charge on any atom is -0.494 e. The van der Waals surface area contributed by atoms with Crippen LogP contribution in [0.4, 0.5) is 0 Å². The lowest BCUT2D eigenvalue weighted by molar-refractivity contribution is 0.149. The predicted molar refractivity (Wildman–Crippen MR) is 94.2 cm³/mol. The second-order valence-corrected chi connectivity index (χ2v) is 8.37. The third kappa shape index (κ3) is 4.48. The van der Waals surface area contributed by atoms with Gasteiger partial charge in [-0.3, -0.25) is 0 Å². The molecule has 1 unspecified atom stereocenters. The first kappa shape index (κ1) is 16.9. The number of rotatable bonds is 4. The molecule has 118 valence electrons. The second-order valence-electron chi connectivity index (χ2n) is 7.38. The maximum Gasteiger partial charge on any atom is 0.119 e. The number of hydrogen-bond donors (Lipinski definition) is 0. The first-order valence-electron chi connectivity index (χ1n) is 8.28. The zero-order valence-corrected chi connectivity index (χ0v) is 15.4. The Balaban J connectivity index is 1.93. The van der Waals surface area contributed by atoms with E-state index < -0.39 is 0 Å². The van der Waals surface area contributed by atoms with E-state index in [1.807, 2.05) is 6.92 Å². The number of benzene rings is 1. The van der Waals surface area contributed by atoms with Gasteiger partial charge in [0.25, 0.3) is 0 Å². The molecule has 0 N–H and O–H groups in total. The molecule has 1 nitrogen and oxygen atoms in total. The second kappa shape index (κ2) is 7.17. The molecular weight excluding hydrogens is 324 g/mol. The van der Waals surface area contributed by atoms with Crippen molar-refractivity contribution < 1.29 is 4.74 Å². The van der Waals surface area contributed by atoms with Crippen LogP contribution in [0.2, 0.25) is 0 Å². The van der Waals surface area contributed by atoms with E-state index in [-0.39, 0.29) is 0 Å². The van der Waals surface area contributed by atoms with E-state index >= 15 is 0 Å². The van der Waals surface area contributed by atoms with Gasteiger partial charge in [-0.1, -0.05) is 48.8 Å². The Morgan fingerprint density at radius 1 is 1.10 bits per heavy atom. The van der Waals surface area contributed by atoms with E-state index in [1.54, 1.807) is 0 Å². The van der Waals surface area contributed by atoms with Crippen LogP contribution in [0.25, 0.3) is 0 Å². The summed E-state index contributed by atoms with van der Waals surface area (Å²) in [6.45, 7) is 9.91. The number of hydrogen-bond acceptors (Lipinski definition) is 1. The normalized spacial score (nSPS) is 24.6. The fraction of sp³-hybridized carbons (Fsp3) is 0.684. The molecule has 1 aromatic carbocycles. The molecular formula is C19H29BrO. The largest absolute Gasteiger partial charge is 0.494 e. The minimum absolute atomic E-state index is 0.464. The molecule has 0 aromatic heterocycles. The third-order valence-electron chi connectivity index (χ3n) is 4.92. The predicted octanol–water partition coefficient (Wildman–Crippen LogP) is 6.37. The molecule has 0 bridgehead atoms. The summed E-state index contributed by atoms with van der Waals surface area (Å²) in [5.74, 6) is 2.62. The molecule has 1 atom stereocenters. The summed E-state index contributed by atoms with van der Waals surface area (Å²) in [6, 6.07) is 8.60. The van der Waals surface area contributed by atoms with Crippen LogP contribution in [-0.4, -0.2) is 6.61 Å². The van der Waals surface area contributed by atoms with Gasteiger partial charge in [0.1, 0.15) is 5.75 Å². The smallest absolute Gasteiger partial charge is 0.119 e. The van der Waals surface area contributed by atoms with Crippen LogP contribution in [0.3, 0.4) is 0 Å². The molecule has 0 heterocycles. The average Bonchev–Trinajstić information content (AvgIpc) is 2.47. The van der Waals surface area contributed by atoms with Crippen LogP contribution in [0.15, 0.2) is 24.3 Å². The van der Waals surface area contributed by atoms with Crippen LogP contribution >= 0.6 is 15.9 Å². The van der Waals surface area contributed by atoms with Crippen molar-refractivity contribution in [3.63, 3.8) is 0 Å². The summed E-state index contributed by atoms with van der Waals surface area (Å²) >= 11 is 3.94. The topological polar surface area (TPSA) is 9.23 Å². The van der Waals surface area contributed by atoms with Gasteiger partial charge in [-0.2, -0.15) is 0 Å². The highest BCUT2D eigenvalue weighted by Gasteiger charge is 2.32. The Kier molecular flexibility index (Phi) is 5.76. The fourth-order valence-electron chi connectivity index (χ4n) is 3.46. The van der Waals surface area contributed by atoms with Crippen LogP contribution in [0, 0.1) is 17.3 Å². The molecule has 1 aliphatic rings. The van der Waals surface area contributed by atoms with Crippen molar-refractivity contribution in [3.05, 3.63) is 29.8 Å². The Morgan fingerprint density at radius 2 is 1.67 bits per heavy atom.